The fraction of sp³-hybridized carbons (Fsp3) is 0.409. The lowest BCUT2D eigenvalue weighted by atomic mass is 10.1. The van der Waals surface area contributed by atoms with E-state index >= 15 is 0 Å². The van der Waals surface area contributed by atoms with Gasteiger partial charge in [0.1, 0.15) is 12.6 Å². The molecule has 0 heterocycles. The Kier molecular flexibility index (Phi) is 9.99. The van der Waals surface area contributed by atoms with Crippen molar-refractivity contribution in [2.75, 3.05) is 19.7 Å². The summed E-state index contributed by atoms with van der Waals surface area (Å²) in [4.78, 5) is 28.7. The summed E-state index contributed by atoms with van der Waals surface area (Å²) in [6.07, 6.45) is 8.98. The summed E-state index contributed by atoms with van der Waals surface area (Å²) in [7, 11) is 0. The Bertz CT molecular complexity index is 770. The molecule has 2 amide bonds. The van der Waals surface area contributed by atoms with Gasteiger partial charge in [-0.05, 0) is 43.2 Å². The molecule has 0 spiro atoms. The molecule has 0 fully saturated rings. The average Bonchev–Trinajstić information content (AvgIpc) is 2.75. The third-order valence-corrected chi connectivity index (χ3v) is 4.55. The highest BCUT2D eigenvalue weighted by molar-refractivity contribution is 5.85. The number of ether oxygens (including phenoxy) is 1. The van der Waals surface area contributed by atoms with E-state index in [-0.39, 0.29) is 18.5 Å². The molecule has 0 bridgehead atoms. The molecule has 0 aromatic heterocycles. The summed E-state index contributed by atoms with van der Waals surface area (Å²) in [5.41, 5.74) is 12.7. The molecule has 0 saturated carbocycles. The number of aliphatic imine (C=N–C) groups is 1. The molecule has 1 aromatic carbocycles. The second-order valence-electron chi connectivity index (χ2n) is 7.01. The first-order valence-electron chi connectivity index (χ1n) is 10.2. The van der Waals surface area contributed by atoms with Gasteiger partial charge < -0.3 is 26.8 Å². The minimum Gasteiger partial charge on any atom is -0.445 e. The van der Waals surface area contributed by atoms with E-state index in [2.05, 4.69) is 15.6 Å². The van der Waals surface area contributed by atoms with Crippen LogP contribution in [0.4, 0.5) is 4.79 Å². The van der Waals surface area contributed by atoms with Crippen molar-refractivity contribution >= 4 is 18.0 Å². The van der Waals surface area contributed by atoms with E-state index in [1.807, 2.05) is 48.6 Å². The zero-order valence-electron chi connectivity index (χ0n) is 17.2. The number of hydrogen-bond donors (Lipinski definition) is 4. The topological polar surface area (TPSA) is 132 Å². The predicted molar refractivity (Wildman–Crippen MR) is 118 cm³/mol. The van der Waals surface area contributed by atoms with Crippen molar-refractivity contribution in [1.82, 2.24) is 10.6 Å². The summed E-state index contributed by atoms with van der Waals surface area (Å²) in [6.45, 7) is 1.03. The summed E-state index contributed by atoms with van der Waals surface area (Å²) in [5.74, 6) is -0.260. The monoisotopic (exact) mass is 413 g/mol. The number of carbonyl (C=O) groups is 2. The maximum Gasteiger partial charge on any atom is 0.408 e. The van der Waals surface area contributed by atoms with Crippen molar-refractivity contribution < 1.29 is 14.3 Å². The molecule has 162 valence electrons. The molecule has 0 aliphatic heterocycles. The molecular formula is C22H31N5O3. The maximum atomic E-state index is 12.6. The number of nitrogens with one attached hydrogen (secondary N) is 2. The fourth-order valence-corrected chi connectivity index (χ4v) is 2.98. The van der Waals surface area contributed by atoms with Crippen LogP contribution >= 0.6 is 0 Å². The van der Waals surface area contributed by atoms with Gasteiger partial charge in [-0.3, -0.25) is 9.79 Å². The lowest BCUT2D eigenvalue weighted by Crippen LogP contribution is -2.47. The van der Waals surface area contributed by atoms with Crippen LogP contribution < -0.4 is 22.1 Å². The quantitative estimate of drug-likeness (QED) is 0.249. The molecule has 1 atom stereocenters. The molecule has 0 saturated heterocycles. The number of rotatable bonds is 11. The fourth-order valence-electron chi connectivity index (χ4n) is 2.98. The largest absolute Gasteiger partial charge is 0.445 e. The molecule has 2 rings (SSSR count). The minimum atomic E-state index is -0.724. The van der Waals surface area contributed by atoms with Gasteiger partial charge in [0.25, 0.3) is 0 Å². The summed E-state index contributed by atoms with van der Waals surface area (Å²) in [6, 6.07) is 9.14. The number of hydrogen-bond acceptors (Lipinski definition) is 4. The molecule has 1 unspecified atom stereocenters. The van der Waals surface area contributed by atoms with E-state index in [4.69, 9.17) is 16.2 Å². The number of benzene rings is 1. The first kappa shape index (κ1) is 23.0. The molecule has 8 heteroatoms. The SMILES string of the molecule is NC(N)=NCCCC(NC(=O)OCC1=CCCC=C1)C(=O)NCCc1ccccc1. The molecule has 8 nitrogen and oxygen atoms in total. The Balaban J connectivity index is 1.83. The van der Waals surface area contributed by atoms with E-state index < -0.39 is 12.1 Å². The average molecular weight is 414 g/mol. The lowest BCUT2D eigenvalue weighted by Gasteiger charge is -2.18. The Morgan fingerprint density at radius 2 is 1.97 bits per heavy atom. The molecule has 1 aliphatic carbocycles. The number of allylic oxidation sites excluding steroid dienone is 2. The maximum absolute atomic E-state index is 12.6. The number of carbonyl (C=O) groups excluding carboxylic acids is 2. The second-order valence-corrected chi connectivity index (χ2v) is 7.01. The Morgan fingerprint density at radius 3 is 2.67 bits per heavy atom. The van der Waals surface area contributed by atoms with Crippen molar-refractivity contribution in [3.05, 3.63) is 59.7 Å². The Hall–Kier alpha value is -3.29. The number of nitrogens with zero attached hydrogens (tertiary/aromatic N) is 1. The van der Waals surface area contributed by atoms with Gasteiger partial charge in [0.15, 0.2) is 5.96 Å². The van der Waals surface area contributed by atoms with Crippen LogP contribution in [0.5, 0.6) is 0 Å². The van der Waals surface area contributed by atoms with Crippen LogP contribution in [0.15, 0.2) is 59.1 Å². The van der Waals surface area contributed by atoms with Gasteiger partial charge in [-0.15, -0.1) is 0 Å². The van der Waals surface area contributed by atoms with Crippen molar-refractivity contribution in [1.29, 1.82) is 0 Å². The molecule has 1 aliphatic rings. The zero-order valence-corrected chi connectivity index (χ0v) is 17.2. The van der Waals surface area contributed by atoms with Crippen molar-refractivity contribution in [3.63, 3.8) is 0 Å². The normalized spacial score (nSPS) is 13.7. The number of amides is 2. The van der Waals surface area contributed by atoms with E-state index in [0.717, 1.165) is 24.0 Å². The van der Waals surface area contributed by atoms with Crippen molar-refractivity contribution in [2.45, 2.75) is 38.1 Å². The lowest BCUT2D eigenvalue weighted by molar-refractivity contribution is -0.123. The zero-order chi connectivity index (χ0) is 21.6. The van der Waals surface area contributed by atoms with Crippen LogP contribution in [0, 0.1) is 0 Å². The van der Waals surface area contributed by atoms with Gasteiger partial charge in [-0.1, -0.05) is 48.6 Å². The van der Waals surface area contributed by atoms with E-state index in [9.17, 15) is 9.59 Å². The van der Waals surface area contributed by atoms with Crippen molar-refractivity contribution in [2.24, 2.45) is 16.5 Å². The number of guanidine groups is 1. The van der Waals surface area contributed by atoms with Crippen LogP contribution in [0.2, 0.25) is 0 Å². The predicted octanol–water partition coefficient (Wildman–Crippen LogP) is 1.77. The Morgan fingerprint density at radius 1 is 1.17 bits per heavy atom. The highest BCUT2D eigenvalue weighted by Gasteiger charge is 2.21. The highest BCUT2D eigenvalue weighted by atomic mass is 16.5. The van der Waals surface area contributed by atoms with Gasteiger partial charge in [-0.25, -0.2) is 4.79 Å². The summed E-state index contributed by atoms with van der Waals surface area (Å²) in [5, 5.41) is 5.53. The van der Waals surface area contributed by atoms with Gasteiger partial charge >= 0.3 is 6.09 Å². The van der Waals surface area contributed by atoms with E-state index in [1.54, 1.807) is 0 Å². The summed E-state index contributed by atoms with van der Waals surface area (Å²) >= 11 is 0. The summed E-state index contributed by atoms with van der Waals surface area (Å²) < 4.78 is 5.26. The third kappa shape index (κ3) is 9.27. The van der Waals surface area contributed by atoms with Gasteiger partial charge in [0, 0.05) is 13.1 Å². The van der Waals surface area contributed by atoms with Gasteiger partial charge in [-0.2, -0.15) is 0 Å². The van der Waals surface area contributed by atoms with E-state index in [0.29, 0.717) is 32.4 Å². The van der Waals surface area contributed by atoms with Crippen LogP contribution in [-0.4, -0.2) is 43.7 Å². The van der Waals surface area contributed by atoms with Crippen LogP contribution in [0.1, 0.15) is 31.2 Å². The smallest absolute Gasteiger partial charge is 0.408 e. The van der Waals surface area contributed by atoms with Gasteiger partial charge in [0.05, 0.1) is 0 Å². The molecular weight excluding hydrogens is 382 g/mol. The first-order chi connectivity index (χ1) is 14.5. The van der Waals surface area contributed by atoms with Gasteiger partial charge in [0.2, 0.25) is 5.91 Å². The van der Waals surface area contributed by atoms with Crippen LogP contribution in [-0.2, 0) is 16.0 Å². The van der Waals surface area contributed by atoms with Crippen molar-refractivity contribution in [3.8, 4) is 0 Å². The third-order valence-electron chi connectivity index (χ3n) is 4.55. The molecule has 30 heavy (non-hydrogen) atoms. The van der Waals surface area contributed by atoms with E-state index in [1.165, 1.54) is 0 Å². The standard InChI is InChI=1S/C22H31N5O3/c23-21(24)26-14-7-12-19(20(28)25-15-13-17-8-3-1-4-9-17)27-22(29)30-16-18-10-5-2-6-11-18/h1,3-5,8-11,19H,2,6-7,12-16H2,(H,25,28)(H,27,29)(H4,23,24,26). The molecule has 1 aromatic rings. The molecule has 0 radical (unpaired) electrons. The van der Waals surface area contributed by atoms with Crippen LogP contribution in [0.25, 0.3) is 0 Å². The second kappa shape index (κ2) is 13.0. The minimum absolute atomic E-state index is 0.0000398. The molecule has 6 N–H and O–H groups in total. The highest BCUT2D eigenvalue weighted by Crippen LogP contribution is 2.10. The number of nitrogens with two attached hydrogens (primary N) is 2. The van der Waals surface area contributed by atoms with Crippen LogP contribution in [0.3, 0.4) is 0 Å². The Labute approximate surface area is 177 Å². The first-order valence-corrected chi connectivity index (χ1v) is 10.2. The number of alkyl carbamates (subject to hydrolysis) is 1.